The molecular weight excluding hydrogens is 416 g/mol. The van der Waals surface area contributed by atoms with Crippen LogP contribution >= 0.6 is 0 Å². The monoisotopic (exact) mass is 444 g/mol. The standard InChI is InChI=1S/C24H28O8/c1-13(2)8-9-18(30-14(3)25)17-12-21(31-15(4)26)22-19(28-6)10-11-20(29-7)23(22)24(17)32-16(5)27/h8,10-12,18H,9H2,1-7H3. The molecule has 0 aliphatic heterocycles. The molecule has 2 aromatic rings. The molecule has 0 heterocycles. The number of rotatable bonds is 8. The van der Waals surface area contributed by atoms with Gasteiger partial charge in [-0.15, -0.1) is 0 Å². The van der Waals surface area contributed by atoms with Crippen LogP contribution in [0.3, 0.4) is 0 Å². The van der Waals surface area contributed by atoms with Crippen LogP contribution in [0.5, 0.6) is 23.0 Å². The summed E-state index contributed by atoms with van der Waals surface area (Å²) in [4.78, 5) is 35.8. The number of esters is 3. The first kappa shape index (κ1) is 24.7. The Morgan fingerprint density at radius 3 is 1.84 bits per heavy atom. The van der Waals surface area contributed by atoms with Gasteiger partial charge in [0.05, 0.1) is 25.0 Å². The van der Waals surface area contributed by atoms with Crippen LogP contribution in [-0.4, -0.2) is 32.1 Å². The van der Waals surface area contributed by atoms with Crippen LogP contribution in [-0.2, 0) is 19.1 Å². The molecule has 0 spiro atoms. The first-order valence-electron chi connectivity index (χ1n) is 9.98. The summed E-state index contributed by atoms with van der Waals surface area (Å²) in [7, 11) is 2.93. The fourth-order valence-corrected chi connectivity index (χ4v) is 3.31. The average molecular weight is 444 g/mol. The summed E-state index contributed by atoms with van der Waals surface area (Å²) in [5.41, 5.74) is 1.36. The van der Waals surface area contributed by atoms with Crippen molar-refractivity contribution in [2.24, 2.45) is 0 Å². The Morgan fingerprint density at radius 1 is 0.812 bits per heavy atom. The summed E-state index contributed by atoms with van der Waals surface area (Å²) in [5.74, 6) is -0.632. The summed E-state index contributed by atoms with van der Waals surface area (Å²) >= 11 is 0. The van der Waals surface area contributed by atoms with Gasteiger partial charge in [-0.05, 0) is 32.0 Å². The van der Waals surface area contributed by atoms with Gasteiger partial charge in [0.1, 0.15) is 29.1 Å². The first-order valence-corrected chi connectivity index (χ1v) is 9.98. The maximum absolute atomic E-state index is 12.0. The van der Waals surface area contributed by atoms with Crippen molar-refractivity contribution in [2.75, 3.05) is 14.2 Å². The molecule has 8 heteroatoms. The third kappa shape index (κ3) is 5.78. The zero-order valence-electron chi connectivity index (χ0n) is 19.4. The minimum atomic E-state index is -0.814. The topological polar surface area (TPSA) is 97.4 Å². The second-order valence-corrected chi connectivity index (χ2v) is 7.32. The molecule has 8 nitrogen and oxygen atoms in total. The quantitative estimate of drug-likeness (QED) is 0.329. The lowest BCUT2D eigenvalue weighted by molar-refractivity contribution is -0.146. The average Bonchev–Trinajstić information content (AvgIpc) is 2.70. The third-order valence-corrected chi connectivity index (χ3v) is 4.49. The van der Waals surface area contributed by atoms with Crippen LogP contribution in [0.25, 0.3) is 10.8 Å². The van der Waals surface area contributed by atoms with Crippen LogP contribution in [0.15, 0.2) is 29.8 Å². The Bertz CT molecular complexity index is 1060. The maximum Gasteiger partial charge on any atom is 0.308 e. The summed E-state index contributed by atoms with van der Waals surface area (Å²) in [6.07, 6.45) is 1.39. The lowest BCUT2D eigenvalue weighted by Gasteiger charge is -2.23. The van der Waals surface area contributed by atoms with Crippen molar-refractivity contribution in [2.45, 2.75) is 47.1 Å². The molecule has 0 radical (unpaired) electrons. The Kier molecular flexibility index (Phi) is 8.23. The van der Waals surface area contributed by atoms with E-state index in [1.807, 2.05) is 19.9 Å². The molecule has 2 rings (SSSR count). The van der Waals surface area contributed by atoms with Gasteiger partial charge in [0.25, 0.3) is 0 Å². The van der Waals surface area contributed by atoms with Crippen molar-refractivity contribution in [3.05, 3.63) is 35.4 Å². The minimum absolute atomic E-state index is 0.132. The zero-order valence-corrected chi connectivity index (χ0v) is 19.4. The van der Waals surface area contributed by atoms with E-state index in [-0.39, 0.29) is 11.5 Å². The molecule has 0 aliphatic carbocycles. The van der Waals surface area contributed by atoms with E-state index in [1.165, 1.54) is 41.1 Å². The molecule has 0 saturated carbocycles. The Hall–Kier alpha value is -3.55. The number of hydrogen-bond acceptors (Lipinski definition) is 8. The van der Waals surface area contributed by atoms with Crippen LogP contribution in [0.2, 0.25) is 0 Å². The third-order valence-electron chi connectivity index (χ3n) is 4.49. The van der Waals surface area contributed by atoms with Crippen molar-refractivity contribution >= 4 is 28.7 Å². The molecule has 0 bridgehead atoms. The highest BCUT2D eigenvalue weighted by Gasteiger charge is 2.28. The Labute approximate surface area is 187 Å². The van der Waals surface area contributed by atoms with E-state index in [4.69, 9.17) is 23.7 Å². The largest absolute Gasteiger partial charge is 0.496 e. The van der Waals surface area contributed by atoms with Crippen molar-refractivity contribution < 1.29 is 38.1 Å². The molecule has 0 fully saturated rings. The van der Waals surface area contributed by atoms with Gasteiger partial charge in [0.2, 0.25) is 0 Å². The van der Waals surface area contributed by atoms with Crippen molar-refractivity contribution in [1.82, 2.24) is 0 Å². The molecule has 2 aromatic carbocycles. The lowest BCUT2D eigenvalue weighted by Crippen LogP contribution is -2.14. The Morgan fingerprint density at radius 2 is 1.38 bits per heavy atom. The van der Waals surface area contributed by atoms with E-state index in [2.05, 4.69) is 0 Å². The summed E-state index contributed by atoms with van der Waals surface area (Å²) < 4.78 is 27.6. The van der Waals surface area contributed by atoms with Gasteiger partial charge in [0, 0.05) is 32.8 Å². The number of carbonyl (C=O) groups excluding carboxylic acids is 3. The SMILES string of the molecule is COc1ccc(OC)c2c(OC(C)=O)c(C(CC=C(C)C)OC(C)=O)cc(OC(C)=O)c12. The summed E-state index contributed by atoms with van der Waals surface area (Å²) in [5, 5.41) is 0.732. The minimum Gasteiger partial charge on any atom is -0.496 e. The number of ether oxygens (including phenoxy) is 5. The van der Waals surface area contributed by atoms with Gasteiger partial charge >= 0.3 is 17.9 Å². The number of benzene rings is 2. The van der Waals surface area contributed by atoms with E-state index >= 15 is 0 Å². The fraction of sp³-hybridized carbons (Fsp3) is 0.375. The van der Waals surface area contributed by atoms with Crippen LogP contribution in [0.4, 0.5) is 0 Å². The zero-order chi connectivity index (χ0) is 24.0. The Balaban J connectivity index is 3.02. The molecule has 1 unspecified atom stereocenters. The summed E-state index contributed by atoms with van der Waals surface area (Å²) in [6, 6.07) is 4.82. The van der Waals surface area contributed by atoms with Gasteiger partial charge in [-0.1, -0.05) is 11.6 Å². The van der Waals surface area contributed by atoms with E-state index < -0.39 is 24.0 Å². The molecule has 0 aliphatic rings. The molecular formula is C24H28O8. The molecule has 1 atom stereocenters. The molecule has 0 N–H and O–H groups in total. The van der Waals surface area contributed by atoms with Crippen molar-refractivity contribution in [1.29, 1.82) is 0 Å². The smallest absolute Gasteiger partial charge is 0.308 e. The normalized spacial score (nSPS) is 11.3. The van der Waals surface area contributed by atoms with E-state index in [1.54, 1.807) is 12.1 Å². The van der Waals surface area contributed by atoms with E-state index in [9.17, 15) is 14.4 Å². The van der Waals surface area contributed by atoms with E-state index in [0.717, 1.165) is 5.57 Å². The lowest BCUT2D eigenvalue weighted by atomic mass is 9.96. The van der Waals surface area contributed by atoms with Gasteiger partial charge in [-0.3, -0.25) is 14.4 Å². The second-order valence-electron chi connectivity index (χ2n) is 7.32. The number of hydrogen-bond donors (Lipinski definition) is 0. The number of carbonyl (C=O) groups is 3. The molecule has 0 aromatic heterocycles. The van der Waals surface area contributed by atoms with Crippen molar-refractivity contribution in [3.8, 4) is 23.0 Å². The summed E-state index contributed by atoms with van der Waals surface area (Å²) in [6.45, 7) is 7.65. The highest BCUT2D eigenvalue weighted by molar-refractivity contribution is 6.04. The molecule has 172 valence electrons. The maximum atomic E-state index is 12.0. The molecule has 0 amide bonds. The highest BCUT2D eigenvalue weighted by atomic mass is 16.6. The van der Waals surface area contributed by atoms with E-state index in [0.29, 0.717) is 34.3 Å². The number of fused-ring (bicyclic) bond motifs is 1. The van der Waals surface area contributed by atoms with Crippen LogP contribution < -0.4 is 18.9 Å². The fourth-order valence-electron chi connectivity index (χ4n) is 3.31. The highest BCUT2D eigenvalue weighted by Crippen LogP contribution is 2.49. The predicted molar refractivity (Wildman–Crippen MR) is 118 cm³/mol. The van der Waals surface area contributed by atoms with Crippen LogP contribution in [0, 0.1) is 0 Å². The van der Waals surface area contributed by atoms with Gasteiger partial charge < -0.3 is 23.7 Å². The van der Waals surface area contributed by atoms with Gasteiger partial charge in [-0.25, -0.2) is 0 Å². The number of methoxy groups -OCH3 is 2. The van der Waals surface area contributed by atoms with Gasteiger partial charge in [0.15, 0.2) is 0 Å². The van der Waals surface area contributed by atoms with Crippen molar-refractivity contribution in [3.63, 3.8) is 0 Å². The molecule has 32 heavy (non-hydrogen) atoms. The van der Waals surface area contributed by atoms with Crippen LogP contribution in [0.1, 0.15) is 52.7 Å². The van der Waals surface area contributed by atoms with Gasteiger partial charge in [-0.2, -0.15) is 0 Å². The predicted octanol–water partition coefficient (Wildman–Crippen LogP) is 4.67. The number of allylic oxidation sites excluding steroid dienone is 1. The molecule has 0 saturated heterocycles. The second kappa shape index (κ2) is 10.7. The first-order chi connectivity index (χ1) is 15.1.